The lowest BCUT2D eigenvalue weighted by atomic mass is 10.00. The number of carbonyl (C=O) groups is 1. The first-order valence-corrected chi connectivity index (χ1v) is 14.5. The van der Waals surface area contributed by atoms with Crippen molar-refractivity contribution >= 4 is 63.5 Å². The Morgan fingerprint density at radius 1 is 0.909 bits per heavy atom. The number of aliphatic imine (C=N–C) groups is 1. The van der Waals surface area contributed by atoms with Gasteiger partial charge < -0.3 is 24.7 Å². The zero-order valence-electron chi connectivity index (χ0n) is 23.4. The van der Waals surface area contributed by atoms with E-state index in [1.165, 1.54) is 4.90 Å². The molecule has 0 saturated carbocycles. The molecule has 0 saturated heterocycles. The number of para-hydroxylation sites is 1. The molecule has 5 aromatic rings. The molecule has 1 atom stereocenters. The molecule has 2 heterocycles. The third-order valence-corrected chi connectivity index (χ3v) is 7.73. The topological polar surface area (TPSA) is 105 Å². The van der Waals surface area contributed by atoms with E-state index in [9.17, 15) is 4.79 Å². The first-order valence-electron chi connectivity index (χ1n) is 13.4. The van der Waals surface area contributed by atoms with Gasteiger partial charge in [0.1, 0.15) is 5.75 Å². The number of nitrogens with one attached hydrogen (secondary N) is 2. The molecular formula is C32H24Cl2N6O3S. The van der Waals surface area contributed by atoms with Gasteiger partial charge in [-0.2, -0.15) is 0 Å². The molecule has 1 amide bonds. The number of nitrogens with zero attached hydrogens (tertiary/aromatic N) is 4. The standard InChI is InChI=1S/C32H24Cl2N6O3S/c1-40-26-15-14-19(33)17-23(26)27(21-10-3-5-12-24(21)34)36-28(31(40)41)37-32(44)35-25-13-6-4-11-22(25)30-39-38-29(43-30)18-8-7-9-20(16-18)42-2/h3-17,28H,1-2H3,(H2,35,37,44). The molecule has 0 bridgehead atoms. The number of benzodiazepines with no additional fused rings is 1. The van der Waals surface area contributed by atoms with E-state index < -0.39 is 6.17 Å². The Kier molecular flexibility index (Phi) is 8.30. The second-order valence-electron chi connectivity index (χ2n) is 9.71. The molecule has 0 spiro atoms. The maximum absolute atomic E-state index is 13.7. The Hall–Kier alpha value is -4.77. The molecule has 9 nitrogen and oxygen atoms in total. The molecule has 1 aromatic heterocycles. The normalized spacial score (nSPS) is 14.4. The summed E-state index contributed by atoms with van der Waals surface area (Å²) in [6.07, 6.45) is -1.08. The molecule has 2 N–H and O–H groups in total. The summed E-state index contributed by atoms with van der Waals surface area (Å²) in [5.74, 6) is 0.965. The third-order valence-electron chi connectivity index (χ3n) is 6.94. The van der Waals surface area contributed by atoms with Gasteiger partial charge in [0.25, 0.3) is 5.91 Å². The first kappa shape index (κ1) is 29.3. The Bertz CT molecular complexity index is 1930. The quantitative estimate of drug-likeness (QED) is 0.194. The van der Waals surface area contributed by atoms with Crippen LogP contribution >= 0.6 is 35.4 Å². The second-order valence-corrected chi connectivity index (χ2v) is 11.0. The van der Waals surface area contributed by atoms with E-state index in [0.717, 1.165) is 5.56 Å². The van der Waals surface area contributed by atoms with Gasteiger partial charge in [0.05, 0.1) is 29.8 Å². The summed E-state index contributed by atoms with van der Waals surface area (Å²) in [5, 5.41) is 15.8. The number of hydrogen-bond acceptors (Lipinski definition) is 7. The van der Waals surface area contributed by atoms with Crippen LogP contribution in [0.5, 0.6) is 5.75 Å². The summed E-state index contributed by atoms with van der Waals surface area (Å²) in [7, 11) is 3.27. The number of carbonyl (C=O) groups excluding carboxylic acids is 1. The Morgan fingerprint density at radius 3 is 2.45 bits per heavy atom. The van der Waals surface area contributed by atoms with Crippen LogP contribution in [0.3, 0.4) is 0 Å². The van der Waals surface area contributed by atoms with E-state index in [2.05, 4.69) is 20.8 Å². The van der Waals surface area contributed by atoms with Crippen molar-refractivity contribution in [2.45, 2.75) is 6.17 Å². The summed E-state index contributed by atoms with van der Waals surface area (Å²) < 4.78 is 11.3. The highest BCUT2D eigenvalue weighted by Crippen LogP contribution is 2.33. The second kappa shape index (κ2) is 12.5. The van der Waals surface area contributed by atoms with Crippen LogP contribution in [0.1, 0.15) is 11.1 Å². The predicted octanol–water partition coefficient (Wildman–Crippen LogP) is 6.85. The van der Waals surface area contributed by atoms with Crippen molar-refractivity contribution in [1.29, 1.82) is 0 Å². The SMILES string of the molecule is COc1cccc(-c2nnc(-c3ccccc3NC(=S)NC3N=C(c4ccccc4Cl)c4cc(Cl)ccc4N(C)C3=O)o2)c1. The summed E-state index contributed by atoms with van der Waals surface area (Å²) in [5.41, 5.74) is 4.38. The van der Waals surface area contributed by atoms with Crippen molar-refractivity contribution in [3.63, 3.8) is 0 Å². The van der Waals surface area contributed by atoms with Crippen LogP contribution in [0.4, 0.5) is 11.4 Å². The first-order chi connectivity index (χ1) is 21.3. The molecule has 0 radical (unpaired) electrons. The molecule has 1 aliphatic heterocycles. The lowest BCUT2D eigenvalue weighted by Crippen LogP contribution is -2.47. The highest BCUT2D eigenvalue weighted by molar-refractivity contribution is 7.80. The number of ether oxygens (including phenoxy) is 1. The van der Waals surface area contributed by atoms with Crippen LogP contribution in [0.25, 0.3) is 22.9 Å². The fourth-order valence-corrected chi connectivity index (χ4v) is 5.39. The number of benzene rings is 4. The van der Waals surface area contributed by atoms with Crippen LogP contribution in [-0.2, 0) is 4.79 Å². The molecule has 12 heteroatoms. The maximum atomic E-state index is 13.7. The van der Waals surface area contributed by atoms with Crippen molar-refractivity contribution < 1.29 is 13.9 Å². The largest absolute Gasteiger partial charge is 0.497 e. The maximum Gasteiger partial charge on any atom is 0.272 e. The lowest BCUT2D eigenvalue weighted by molar-refractivity contribution is -0.119. The highest BCUT2D eigenvalue weighted by atomic mass is 35.5. The number of amides is 1. The van der Waals surface area contributed by atoms with Crippen LogP contribution < -0.4 is 20.3 Å². The van der Waals surface area contributed by atoms with Gasteiger partial charge in [0.15, 0.2) is 5.11 Å². The average Bonchev–Trinajstić information content (AvgIpc) is 3.50. The average molecular weight is 644 g/mol. The molecular weight excluding hydrogens is 619 g/mol. The molecule has 4 aromatic carbocycles. The molecule has 0 aliphatic carbocycles. The van der Waals surface area contributed by atoms with Gasteiger partial charge in [-0.3, -0.25) is 4.79 Å². The minimum atomic E-state index is -1.08. The monoisotopic (exact) mass is 642 g/mol. The summed E-state index contributed by atoms with van der Waals surface area (Å²) >= 11 is 18.6. The number of rotatable bonds is 6. The summed E-state index contributed by atoms with van der Waals surface area (Å²) in [6.45, 7) is 0. The molecule has 44 heavy (non-hydrogen) atoms. The number of methoxy groups -OCH3 is 1. The van der Waals surface area contributed by atoms with E-state index in [0.29, 0.717) is 55.5 Å². The Balaban J connectivity index is 1.30. The number of aromatic nitrogens is 2. The number of halogens is 2. The van der Waals surface area contributed by atoms with Crippen molar-refractivity contribution in [1.82, 2.24) is 15.5 Å². The van der Waals surface area contributed by atoms with E-state index >= 15 is 0 Å². The number of hydrogen-bond donors (Lipinski definition) is 2. The van der Waals surface area contributed by atoms with Gasteiger partial charge in [0.2, 0.25) is 17.9 Å². The molecule has 0 fully saturated rings. The van der Waals surface area contributed by atoms with Crippen molar-refractivity contribution in [3.8, 4) is 28.7 Å². The zero-order chi connectivity index (χ0) is 30.8. The Morgan fingerprint density at radius 2 is 1.66 bits per heavy atom. The fraction of sp³-hybridized carbons (Fsp3) is 0.0938. The molecule has 220 valence electrons. The Labute approximate surface area is 268 Å². The summed E-state index contributed by atoms with van der Waals surface area (Å²) in [4.78, 5) is 20.0. The van der Waals surface area contributed by atoms with E-state index in [4.69, 9.17) is 49.6 Å². The van der Waals surface area contributed by atoms with E-state index in [-0.39, 0.29) is 16.9 Å². The minimum Gasteiger partial charge on any atom is -0.497 e. The number of fused-ring (bicyclic) bond motifs is 1. The number of anilines is 2. The van der Waals surface area contributed by atoms with Crippen molar-refractivity contribution in [3.05, 3.63) is 112 Å². The van der Waals surface area contributed by atoms with Gasteiger partial charge >= 0.3 is 0 Å². The predicted molar refractivity (Wildman–Crippen MR) is 177 cm³/mol. The van der Waals surface area contributed by atoms with Gasteiger partial charge in [-0.15, -0.1) is 10.2 Å². The third kappa shape index (κ3) is 5.87. The lowest BCUT2D eigenvalue weighted by Gasteiger charge is -2.22. The molecule has 1 unspecified atom stereocenters. The number of thiocarbonyl (C=S) groups is 1. The summed E-state index contributed by atoms with van der Waals surface area (Å²) in [6, 6.07) is 27.2. The van der Waals surface area contributed by atoms with E-state index in [1.54, 1.807) is 38.4 Å². The van der Waals surface area contributed by atoms with Crippen LogP contribution in [0.15, 0.2) is 100 Å². The minimum absolute atomic E-state index is 0.156. The highest BCUT2D eigenvalue weighted by Gasteiger charge is 2.31. The van der Waals surface area contributed by atoms with Crippen molar-refractivity contribution in [2.24, 2.45) is 4.99 Å². The van der Waals surface area contributed by atoms with Crippen LogP contribution in [0, 0.1) is 0 Å². The van der Waals surface area contributed by atoms with Crippen LogP contribution in [-0.4, -0.2) is 47.3 Å². The zero-order valence-corrected chi connectivity index (χ0v) is 25.7. The van der Waals surface area contributed by atoms with Crippen molar-refractivity contribution in [2.75, 3.05) is 24.4 Å². The van der Waals surface area contributed by atoms with E-state index in [1.807, 2.05) is 66.7 Å². The van der Waals surface area contributed by atoms with Gasteiger partial charge in [0, 0.05) is 33.8 Å². The smallest absolute Gasteiger partial charge is 0.272 e. The van der Waals surface area contributed by atoms with Gasteiger partial charge in [-0.25, -0.2) is 4.99 Å². The molecule has 1 aliphatic rings. The fourth-order valence-electron chi connectivity index (χ4n) is 4.77. The molecule has 6 rings (SSSR count). The van der Waals surface area contributed by atoms with Gasteiger partial charge in [-0.1, -0.05) is 59.6 Å². The number of likely N-dealkylation sites (N-methyl/N-ethyl adjacent to an activating group) is 1. The van der Waals surface area contributed by atoms with Crippen LogP contribution in [0.2, 0.25) is 10.0 Å². The van der Waals surface area contributed by atoms with Gasteiger partial charge in [-0.05, 0) is 66.8 Å².